The molecule has 1 aromatic carbocycles. The number of amides is 1. The number of hydrogen-bond acceptors (Lipinski definition) is 2. The van der Waals surface area contributed by atoms with Gasteiger partial charge in [0.25, 0.3) is 5.91 Å². The second kappa shape index (κ2) is 5.10. The van der Waals surface area contributed by atoms with Crippen LogP contribution < -0.4 is 5.32 Å². The zero-order valence-corrected chi connectivity index (χ0v) is 10.9. The summed E-state index contributed by atoms with van der Waals surface area (Å²) in [6.07, 6.45) is 1.63. The Morgan fingerprint density at radius 3 is 2.59 bits per heavy atom. The average molecular weight is 291 g/mol. The maximum absolute atomic E-state index is 11.9. The summed E-state index contributed by atoms with van der Waals surface area (Å²) in [6.45, 7) is 2.00. The summed E-state index contributed by atoms with van der Waals surface area (Å²) in [7, 11) is 0. The molecule has 0 aliphatic heterocycles. The van der Waals surface area contributed by atoms with Crippen LogP contribution in [0.25, 0.3) is 0 Å². The van der Waals surface area contributed by atoms with E-state index in [1.165, 1.54) is 0 Å². The predicted molar refractivity (Wildman–Crippen MR) is 71.1 cm³/mol. The third-order valence-electron chi connectivity index (χ3n) is 2.31. The lowest BCUT2D eigenvalue weighted by molar-refractivity contribution is 0.102. The predicted octanol–water partition coefficient (Wildman–Crippen LogP) is 3.40. The van der Waals surface area contributed by atoms with Crippen molar-refractivity contribution in [1.29, 1.82) is 0 Å². The first kappa shape index (κ1) is 11.8. The minimum absolute atomic E-state index is 0.172. The molecule has 0 atom stereocenters. The Hall–Kier alpha value is -1.68. The molecular formula is C13H11BrN2O. The molecule has 1 amide bonds. The maximum Gasteiger partial charge on any atom is 0.258 e. The van der Waals surface area contributed by atoms with E-state index >= 15 is 0 Å². The number of nitrogens with one attached hydrogen (secondary N) is 1. The summed E-state index contributed by atoms with van der Waals surface area (Å²) in [6, 6.07) is 11.1. The molecule has 3 nitrogen and oxygen atoms in total. The fraction of sp³-hybridized carbons (Fsp3) is 0.0769. The fourth-order valence-electron chi connectivity index (χ4n) is 1.39. The number of pyridine rings is 1. The highest BCUT2D eigenvalue weighted by atomic mass is 79.9. The van der Waals surface area contributed by atoms with Gasteiger partial charge >= 0.3 is 0 Å². The number of anilines is 1. The van der Waals surface area contributed by atoms with Crippen LogP contribution in [0.1, 0.15) is 15.9 Å². The van der Waals surface area contributed by atoms with E-state index in [1.807, 2.05) is 31.2 Å². The van der Waals surface area contributed by atoms with Gasteiger partial charge in [0.05, 0.1) is 5.56 Å². The van der Waals surface area contributed by atoms with Crippen molar-refractivity contribution in [3.05, 3.63) is 58.3 Å². The molecule has 4 heteroatoms. The minimum atomic E-state index is -0.172. The Balaban J connectivity index is 2.17. The average Bonchev–Trinajstić information content (AvgIpc) is 2.32. The van der Waals surface area contributed by atoms with Crippen molar-refractivity contribution < 1.29 is 4.79 Å². The number of benzene rings is 1. The first-order valence-corrected chi connectivity index (χ1v) is 5.94. The van der Waals surface area contributed by atoms with Crippen LogP contribution in [-0.4, -0.2) is 10.9 Å². The number of carbonyl (C=O) groups excluding carboxylic acids is 1. The van der Waals surface area contributed by atoms with Gasteiger partial charge in [-0.3, -0.25) is 4.79 Å². The number of aryl methyl sites for hydroxylation is 1. The Morgan fingerprint density at radius 2 is 1.94 bits per heavy atom. The van der Waals surface area contributed by atoms with Crippen LogP contribution in [0.5, 0.6) is 0 Å². The number of aromatic nitrogens is 1. The quantitative estimate of drug-likeness (QED) is 0.862. The fourth-order valence-corrected chi connectivity index (χ4v) is 1.82. The first-order chi connectivity index (χ1) is 8.16. The van der Waals surface area contributed by atoms with E-state index in [1.54, 1.807) is 18.3 Å². The summed E-state index contributed by atoms with van der Waals surface area (Å²) in [4.78, 5) is 16.0. The number of hydrogen-bond donors (Lipinski definition) is 1. The number of halogens is 1. The highest BCUT2D eigenvalue weighted by Gasteiger charge is 2.09. The van der Waals surface area contributed by atoms with Gasteiger partial charge < -0.3 is 5.32 Å². The van der Waals surface area contributed by atoms with Gasteiger partial charge in [0, 0.05) is 11.9 Å². The zero-order chi connectivity index (χ0) is 12.3. The lowest BCUT2D eigenvalue weighted by Gasteiger charge is -2.06. The molecule has 0 spiro atoms. The lowest BCUT2D eigenvalue weighted by atomic mass is 10.2. The standard InChI is InChI=1S/C13H11BrN2O/c1-9-4-6-10(7-5-9)16-13(17)11-3-2-8-15-12(11)14/h2-8H,1H3,(H,16,17). The maximum atomic E-state index is 11.9. The van der Waals surface area contributed by atoms with Gasteiger partial charge in [-0.2, -0.15) is 0 Å². The minimum Gasteiger partial charge on any atom is -0.322 e. The molecule has 0 radical (unpaired) electrons. The van der Waals surface area contributed by atoms with Crippen LogP contribution in [0.3, 0.4) is 0 Å². The van der Waals surface area contributed by atoms with Crippen molar-refractivity contribution in [3.63, 3.8) is 0 Å². The number of carbonyl (C=O) groups is 1. The molecule has 2 rings (SSSR count). The van der Waals surface area contributed by atoms with E-state index < -0.39 is 0 Å². The van der Waals surface area contributed by atoms with Crippen LogP contribution in [-0.2, 0) is 0 Å². The second-order valence-electron chi connectivity index (χ2n) is 3.66. The van der Waals surface area contributed by atoms with Crippen LogP contribution >= 0.6 is 15.9 Å². The van der Waals surface area contributed by atoms with Crippen molar-refractivity contribution >= 4 is 27.5 Å². The van der Waals surface area contributed by atoms with Crippen molar-refractivity contribution in [2.45, 2.75) is 6.92 Å². The molecular weight excluding hydrogens is 280 g/mol. The molecule has 0 fully saturated rings. The van der Waals surface area contributed by atoms with Crippen LogP contribution in [0.2, 0.25) is 0 Å². The van der Waals surface area contributed by atoms with E-state index in [9.17, 15) is 4.79 Å². The topological polar surface area (TPSA) is 42.0 Å². The molecule has 0 unspecified atom stereocenters. The summed E-state index contributed by atoms with van der Waals surface area (Å²) in [5.74, 6) is -0.172. The second-order valence-corrected chi connectivity index (χ2v) is 4.41. The molecule has 0 bridgehead atoms. The van der Waals surface area contributed by atoms with E-state index in [4.69, 9.17) is 0 Å². The van der Waals surface area contributed by atoms with Crippen molar-refractivity contribution in [2.24, 2.45) is 0 Å². The van der Waals surface area contributed by atoms with Gasteiger partial charge in [0.15, 0.2) is 0 Å². The molecule has 2 aromatic rings. The van der Waals surface area contributed by atoms with Gasteiger partial charge in [0.2, 0.25) is 0 Å². The third-order valence-corrected chi connectivity index (χ3v) is 2.95. The molecule has 86 valence electrons. The Morgan fingerprint density at radius 1 is 1.24 bits per heavy atom. The molecule has 0 saturated carbocycles. The van der Waals surface area contributed by atoms with Crippen molar-refractivity contribution in [3.8, 4) is 0 Å². The van der Waals surface area contributed by atoms with E-state index in [2.05, 4.69) is 26.2 Å². The summed E-state index contributed by atoms with van der Waals surface area (Å²) in [5, 5.41) is 2.82. The Kier molecular flexibility index (Phi) is 3.54. The zero-order valence-electron chi connectivity index (χ0n) is 9.27. The van der Waals surface area contributed by atoms with Crippen molar-refractivity contribution in [2.75, 3.05) is 5.32 Å². The molecule has 1 heterocycles. The Labute approximate surface area is 108 Å². The van der Waals surface area contributed by atoms with Crippen LogP contribution in [0.15, 0.2) is 47.2 Å². The van der Waals surface area contributed by atoms with E-state index in [0.29, 0.717) is 10.2 Å². The van der Waals surface area contributed by atoms with Gasteiger partial charge in [0.1, 0.15) is 4.60 Å². The monoisotopic (exact) mass is 290 g/mol. The molecule has 1 aromatic heterocycles. The van der Waals surface area contributed by atoms with Crippen LogP contribution in [0, 0.1) is 6.92 Å². The largest absolute Gasteiger partial charge is 0.322 e. The highest BCUT2D eigenvalue weighted by Crippen LogP contribution is 2.15. The highest BCUT2D eigenvalue weighted by molar-refractivity contribution is 9.10. The van der Waals surface area contributed by atoms with Gasteiger partial charge in [-0.15, -0.1) is 0 Å². The van der Waals surface area contributed by atoms with E-state index in [0.717, 1.165) is 11.3 Å². The molecule has 0 aliphatic rings. The number of rotatable bonds is 2. The molecule has 0 saturated heterocycles. The van der Waals surface area contributed by atoms with Gasteiger partial charge in [-0.1, -0.05) is 17.7 Å². The lowest BCUT2D eigenvalue weighted by Crippen LogP contribution is -2.12. The van der Waals surface area contributed by atoms with E-state index in [-0.39, 0.29) is 5.91 Å². The van der Waals surface area contributed by atoms with Gasteiger partial charge in [-0.05, 0) is 47.1 Å². The van der Waals surface area contributed by atoms with Crippen molar-refractivity contribution in [1.82, 2.24) is 4.98 Å². The SMILES string of the molecule is Cc1ccc(NC(=O)c2cccnc2Br)cc1. The molecule has 0 aliphatic carbocycles. The number of nitrogens with zero attached hydrogens (tertiary/aromatic N) is 1. The third kappa shape index (κ3) is 2.91. The van der Waals surface area contributed by atoms with Crippen LogP contribution in [0.4, 0.5) is 5.69 Å². The smallest absolute Gasteiger partial charge is 0.258 e. The first-order valence-electron chi connectivity index (χ1n) is 5.15. The van der Waals surface area contributed by atoms with Gasteiger partial charge in [-0.25, -0.2) is 4.98 Å². The molecule has 17 heavy (non-hydrogen) atoms. The summed E-state index contributed by atoms with van der Waals surface area (Å²) in [5.41, 5.74) is 2.45. The summed E-state index contributed by atoms with van der Waals surface area (Å²) >= 11 is 3.25. The summed E-state index contributed by atoms with van der Waals surface area (Å²) < 4.78 is 0.546. The molecule has 1 N–H and O–H groups in total. The Bertz CT molecular complexity index is 537. The normalized spacial score (nSPS) is 10.0.